The van der Waals surface area contributed by atoms with Gasteiger partial charge in [0.2, 0.25) is 17.2 Å². The Morgan fingerprint density at radius 2 is 1.74 bits per heavy atom. The van der Waals surface area contributed by atoms with E-state index in [1.165, 1.54) is 0 Å². The van der Waals surface area contributed by atoms with Crippen LogP contribution in [0.15, 0.2) is 52.9 Å². The molecule has 0 aliphatic rings. The lowest BCUT2D eigenvalue weighted by Gasteiger charge is -2.15. The number of nitrogens with zero attached hydrogens (tertiary/aromatic N) is 1. The van der Waals surface area contributed by atoms with Crippen molar-refractivity contribution >= 4 is 30.5 Å². The van der Waals surface area contributed by atoms with Crippen LogP contribution in [0.25, 0.3) is 0 Å². The highest BCUT2D eigenvalue weighted by molar-refractivity contribution is 7.62. The molecule has 3 rings (SSSR count). The fraction of sp³-hybridized carbons (Fsp3) is 0.318. The Bertz CT molecular complexity index is 1030. The predicted molar refractivity (Wildman–Crippen MR) is 122 cm³/mol. The molecule has 9 heteroatoms. The molecular weight excluding hydrogens is 439 g/mol. The van der Waals surface area contributed by atoms with Crippen molar-refractivity contribution in [2.75, 3.05) is 25.6 Å². The minimum absolute atomic E-state index is 0.131. The quantitative estimate of drug-likeness (QED) is 0.379. The van der Waals surface area contributed by atoms with Crippen LogP contribution < -0.4 is 15.5 Å². The first-order valence-corrected chi connectivity index (χ1v) is 11.9. The van der Waals surface area contributed by atoms with Crippen LogP contribution in [0.2, 0.25) is 5.02 Å². The lowest BCUT2D eigenvalue weighted by Crippen LogP contribution is -2.17. The van der Waals surface area contributed by atoms with E-state index in [1.807, 2.05) is 42.5 Å². The van der Waals surface area contributed by atoms with Gasteiger partial charge in [-0.25, -0.2) is 4.98 Å². The fourth-order valence-electron chi connectivity index (χ4n) is 2.97. The highest BCUT2D eigenvalue weighted by Gasteiger charge is 2.35. The Hall–Kier alpha value is -2.31. The number of rotatable bonds is 11. The van der Waals surface area contributed by atoms with Crippen LogP contribution in [0.3, 0.4) is 0 Å². The smallest absolute Gasteiger partial charge is 0.385 e. The summed E-state index contributed by atoms with van der Waals surface area (Å²) in [5, 5.41) is 3.77. The number of halogens is 1. The molecule has 3 aromatic rings. The van der Waals surface area contributed by atoms with Gasteiger partial charge in [-0.05, 0) is 43.2 Å². The normalized spacial score (nSPS) is 11.5. The van der Waals surface area contributed by atoms with Crippen molar-refractivity contribution in [2.24, 2.45) is 0 Å². The number of anilines is 1. The van der Waals surface area contributed by atoms with Crippen LogP contribution in [0, 0.1) is 0 Å². The lowest BCUT2D eigenvalue weighted by molar-refractivity contribution is 0.229. The molecule has 0 saturated heterocycles. The number of hydrogen-bond acceptors (Lipinski definition) is 7. The van der Waals surface area contributed by atoms with E-state index >= 15 is 0 Å². The summed E-state index contributed by atoms with van der Waals surface area (Å²) in [6, 6.07) is 15.0. The zero-order valence-electron chi connectivity index (χ0n) is 17.8. The second-order valence-corrected chi connectivity index (χ2v) is 8.91. The van der Waals surface area contributed by atoms with Gasteiger partial charge in [0.1, 0.15) is 5.75 Å². The Morgan fingerprint density at radius 3 is 2.35 bits per heavy atom. The van der Waals surface area contributed by atoms with Gasteiger partial charge in [0.25, 0.3) is 0 Å². The Balaban J connectivity index is 1.91. The fourth-order valence-corrected chi connectivity index (χ4v) is 4.78. The molecule has 0 amide bonds. The molecule has 0 bridgehead atoms. The van der Waals surface area contributed by atoms with Crippen molar-refractivity contribution in [3.8, 4) is 5.75 Å². The molecular formula is C22H26ClN2O5P. The van der Waals surface area contributed by atoms with Crippen molar-refractivity contribution in [3.05, 3.63) is 70.6 Å². The summed E-state index contributed by atoms with van der Waals surface area (Å²) >= 11 is 6.26. The number of ether oxygens (including phenoxy) is 1. The average Bonchev–Trinajstić information content (AvgIpc) is 3.17. The van der Waals surface area contributed by atoms with Crippen LogP contribution in [-0.4, -0.2) is 25.3 Å². The third kappa shape index (κ3) is 5.89. The van der Waals surface area contributed by atoms with Crippen LogP contribution in [-0.2, 0) is 26.6 Å². The van der Waals surface area contributed by atoms with Crippen molar-refractivity contribution in [2.45, 2.75) is 26.8 Å². The molecule has 1 heterocycles. The summed E-state index contributed by atoms with van der Waals surface area (Å²) in [6.07, 6.45) is 0.406. The van der Waals surface area contributed by atoms with E-state index in [9.17, 15) is 4.57 Å². The van der Waals surface area contributed by atoms with E-state index in [2.05, 4.69) is 10.3 Å². The zero-order chi connectivity index (χ0) is 22.3. The topological polar surface area (TPSA) is 82.8 Å². The maximum Gasteiger partial charge on any atom is 0.385 e. The molecule has 1 aromatic heterocycles. The number of nitrogens with one attached hydrogen (secondary N) is 1. The molecule has 2 aromatic carbocycles. The largest absolute Gasteiger partial charge is 0.497 e. The van der Waals surface area contributed by atoms with Crippen LogP contribution in [0.1, 0.15) is 30.9 Å². The average molecular weight is 465 g/mol. The van der Waals surface area contributed by atoms with E-state index in [-0.39, 0.29) is 24.5 Å². The Kier molecular flexibility index (Phi) is 8.15. The van der Waals surface area contributed by atoms with Gasteiger partial charge in [-0.3, -0.25) is 4.57 Å². The van der Waals surface area contributed by atoms with E-state index in [4.69, 9.17) is 29.8 Å². The highest BCUT2D eigenvalue weighted by Crippen LogP contribution is 2.48. The molecule has 0 aliphatic carbocycles. The first-order chi connectivity index (χ1) is 15.0. The molecule has 7 nitrogen and oxygen atoms in total. The Morgan fingerprint density at radius 1 is 1.06 bits per heavy atom. The summed E-state index contributed by atoms with van der Waals surface area (Å²) in [4.78, 5) is 4.49. The molecule has 0 spiro atoms. The Labute approximate surface area is 187 Å². The standard InChI is InChI=1S/C22H26ClN2O5P/c1-4-28-31(26,29-5-2)22-21(24-15-17-8-6-7-9-19(17)23)30-20(25-22)14-16-10-12-18(27-3)13-11-16/h6-13,24H,4-5,14-15H2,1-3H3. The molecule has 0 radical (unpaired) electrons. The van der Waals surface area contributed by atoms with Crippen molar-refractivity contribution in [3.63, 3.8) is 0 Å². The SMILES string of the molecule is CCOP(=O)(OCC)c1nc(Cc2ccc(OC)cc2)oc1NCc1ccccc1Cl. The van der Waals surface area contributed by atoms with Gasteiger partial charge < -0.3 is 23.5 Å². The molecule has 0 aliphatic heterocycles. The molecule has 0 atom stereocenters. The van der Waals surface area contributed by atoms with E-state index in [1.54, 1.807) is 27.0 Å². The van der Waals surface area contributed by atoms with E-state index < -0.39 is 7.60 Å². The zero-order valence-corrected chi connectivity index (χ0v) is 19.4. The summed E-state index contributed by atoms with van der Waals surface area (Å²) < 4.78 is 35.5. The van der Waals surface area contributed by atoms with Crippen LogP contribution >= 0.6 is 19.2 Å². The summed E-state index contributed by atoms with van der Waals surface area (Å²) in [7, 11) is -2.04. The van der Waals surface area contributed by atoms with Crippen molar-refractivity contribution < 1.29 is 22.8 Å². The summed E-state index contributed by atoms with van der Waals surface area (Å²) in [6.45, 7) is 4.29. The number of hydrogen-bond donors (Lipinski definition) is 1. The molecule has 0 fully saturated rings. The van der Waals surface area contributed by atoms with Gasteiger partial charge in [-0.2, -0.15) is 0 Å². The van der Waals surface area contributed by atoms with Gasteiger partial charge in [0.05, 0.1) is 20.3 Å². The van der Waals surface area contributed by atoms with Crippen molar-refractivity contribution in [1.29, 1.82) is 0 Å². The second-order valence-electron chi connectivity index (χ2n) is 6.56. The molecule has 31 heavy (non-hydrogen) atoms. The lowest BCUT2D eigenvalue weighted by atomic mass is 10.1. The van der Waals surface area contributed by atoms with Gasteiger partial charge in [0, 0.05) is 18.0 Å². The number of aromatic nitrogens is 1. The molecule has 1 N–H and O–H groups in total. The van der Waals surface area contributed by atoms with E-state index in [0.717, 1.165) is 16.9 Å². The molecule has 0 unspecified atom stereocenters. The minimum Gasteiger partial charge on any atom is -0.497 e. The van der Waals surface area contributed by atoms with Gasteiger partial charge >= 0.3 is 7.60 Å². The van der Waals surface area contributed by atoms with Gasteiger partial charge in [0.15, 0.2) is 0 Å². The number of oxazole rings is 1. The maximum absolute atomic E-state index is 13.4. The first-order valence-electron chi connectivity index (χ1n) is 9.98. The summed E-state index contributed by atoms with van der Waals surface area (Å²) in [5.74, 6) is 1.39. The summed E-state index contributed by atoms with van der Waals surface area (Å²) in [5.41, 5.74) is 1.96. The second kappa shape index (κ2) is 10.8. The minimum atomic E-state index is -3.66. The van der Waals surface area contributed by atoms with Gasteiger partial charge in [-0.1, -0.05) is 41.9 Å². The van der Waals surface area contributed by atoms with Crippen molar-refractivity contribution in [1.82, 2.24) is 4.98 Å². The monoisotopic (exact) mass is 464 g/mol. The van der Waals surface area contributed by atoms with Crippen LogP contribution in [0.5, 0.6) is 5.75 Å². The number of methoxy groups -OCH3 is 1. The van der Waals surface area contributed by atoms with Crippen LogP contribution in [0.4, 0.5) is 5.88 Å². The van der Waals surface area contributed by atoms with Gasteiger partial charge in [-0.15, -0.1) is 0 Å². The number of benzene rings is 2. The highest BCUT2D eigenvalue weighted by atomic mass is 35.5. The molecule has 166 valence electrons. The maximum atomic E-state index is 13.4. The first kappa shape index (κ1) is 23.4. The van der Waals surface area contributed by atoms with E-state index in [0.29, 0.717) is 23.9 Å². The predicted octanol–water partition coefficient (Wildman–Crippen LogP) is 5.43. The third-order valence-electron chi connectivity index (χ3n) is 4.42. The third-order valence-corrected chi connectivity index (χ3v) is 6.81. The molecule has 0 saturated carbocycles.